The topological polar surface area (TPSA) is 154 Å². The predicted molar refractivity (Wildman–Crippen MR) is 130 cm³/mol. The highest BCUT2D eigenvalue weighted by Gasteiger charge is 2.19. The van der Waals surface area contributed by atoms with Crippen LogP contribution in [0.15, 0.2) is 12.1 Å². The van der Waals surface area contributed by atoms with Gasteiger partial charge in [-0.15, -0.1) is 22.7 Å². The van der Waals surface area contributed by atoms with Crippen molar-refractivity contribution in [3.05, 3.63) is 31.6 Å². The molecule has 14 heteroatoms. The first kappa shape index (κ1) is 27.9. The predicted octanol–water partition coefficient (Wildman–Crippen LogP) is 1.83. The van der Waals surface area contributed by atoms with Gasteiger partial charge in [-0.2, -0.15) is 8.42 Å². The van der Waals surface area contributed by atoms with Crippen LogP contribution in [0.3, 0.4) is 0 Å². The van der Waals surface area contributed by atoms with E-state index in [2.05, 4.69) is 10.6 Å². The molecule has 0 aliphatic rings. The van der Waals surface area contributed by atoms with E-state index in [1.165, 1.54) is 17.6 Å². The second-order valence-electron chi connectivity index (χ2n) is 6.38. The molecule has 1 atom stereocenters. The second-order valence-corrected chi connectivity index (χ2v) is 12.4. The molecule has 2 heterocycles. The number of aryl methyl sites for hydroxylation is 2. The number of hydrogen-bond donors (Lipinski definition) is 3. The number of nitrogens with one attached hydrogen (secondary N) is 2. The highest BCUT2D eigenvalue weighted by Crippen LogP contribution is 2.29. The third-order valence-corrected chi connectivity index (χ3v) is 6.35. The van der Waals surface area contributed by atoms with Gasteiger partial charge in [-0.05, 0) is 45.7 Å². The molecule has 0 saturated heterocycles. The van der Waals surface area contributed by atoms with Gasteiger partial charge in [0, 0.05) is 25.7 Å². The van der Waals surface area contributed by atoms with E-state index >= 15 is 0 Å². The van der Waals surface area contributed by atoms with E-state index in [-0.39, 0.29) is 4.88 Å². The molecule has 0 saturated carbocycles. The van der Waals surface area contributed by atoms with Gasteiger partial charge in [0.25, 0.3) is 22.0 Å². The molecule has 0 radical (unpaired) electrons. The van der Waals surface area contributed by atoms with Gasteiger partial charge >= 0.3 is 0 Å². The lowest BCUT2D eigenvalue weighted by molar-refractivity contribution is 0.0973. The summed E-state index contributed by atoms with van der Waals surface area (Å²) in [6.07, 6.45) is 1.38. The molecule has 10 nitrogen and oxygen atoms in total. The summed E-state index contributed by atoms with van der Waals surface area (Å²) in [4.78, 5) is 25.8. The molecule has 1 unspecified atom stereocenters. The summed E-state index contributed by atoms with van der Waals surface area (Å²) in [5.41, 5.74) is 0. The van der Waals surface area contributed by atoms with Crippen molar-refractivity contribution in [1.82, 2.24) is 9.44 Å². The summed E-state index contributed by atoms with van der Waals surface area (Å²) >= 11 is 2.46. The van der Waals surface area contributed by atoms with E-state index in [0.717, 1.165) is 21.1 Å². The van der Waals surface area contributed by atoms with Gasteiger partial charge in [0.05, 0.1) is 13.2 Å². The van der Waals surface area contributed by atoms with Gasteiger partial charge in [-0.1, -0.05) is 0 Å². The van der Waals surface area contributed by atoms with Crippen molar-refractivity contribution in [3.63, 3.8) is 0 Å². The molecule has 2 amide bonds. The smallest absolute Gasteiger partial charge is 0.299 e. The van der Waals surface area contributed by atoms with Crippen LogP contribution in [0.25, 0.3) is 0 Å². The van der Waals surface area contributed by atoms with Crippen LogP contribution in [0.2, 0.25) is 0 Å². The number of nitrogens with two attached hydrogens (primary N) is 1. The lowest BCUT2D eigenvalue weighted by atomic mass is 10.4. The highest BCUT2D eigenvalue weighted by molar-refractivity contribution is 7.98. The SMILES string of the molecule is C=S(C)(=O)NC(=O)c1sc(C)cc1OCC.CCOc1cc(C)sc1C(=O)NS(N)(=O)=O. The van der Waals surface area contributed by atoms with E-state index < -0.39 is 31.7 Å². The number of amides is 2. The fraction of sp³-hybridized carbons (Fsp3) is 0.389. The summed E-state index contributed by atoms with van der Waals surface area (Å²) in [6.45, 7) is 8.18. The van der Waals surface area contributed by atoms with Crippen molar-refractivity contribution in [2.24, 2.45) is 5.14 Å². The van der Waals surface area contributed by atoms with Crippen molar-refractivity contribution in [2.75, 3.05) is 19.5 Å². The first-order valence-electron chi connectivity index (χ1n) is 9.12. The van der Waals surface area contributed by atoms with Crippen molar-refractivity contribution in [2.45, 2.75) is 27.7 Å². The maximum Gasteiger partial charge on any atom is 0.299 e. The van der Waals surface area contributed by atoms with Gasteiger partial charge < -0.3 is 9.47 Å². The lowest BCUT2D eigenvalue weighted by Crippen LogP contribution is -2.35. The molecule has 2 aromatic heterocycles. The van der Waals surface area contributed by atoms with Crippen molar-refractivity contribution < 1.29 is 31.7 Å². The number of ether oxygens (including phenoxy) is 2. The number of carbonyl (C=O) groups excluding carboxylic acids is 2. The normalized spacial score (nSPS) is 12.7. The van der Waals surface area contributed by atoms with Gasteiger partial charge in [0.1, 0.15) is 21.3 Å². The molecular formula is C18H27N3O7S4. The quantitative estimate of drug-likeness (QED) is 0.444. The molecular weight excluding hydrogens is 498 g/mol. The average molecular weight is 526 g/mol. The molecule has 2 rings (SSSR count). The lowest BCUT2D eigenvalue weighted by Gasteiger charge is -2.06. The van der Waals surface area contributed by atoms with E-state index in [1.54, 1.807) is 30.7 Å². The van der Waals surface area contributed by atoms with Crippen LogP contribution in [0, 0.1) is 13.8 Å². The van der Waals surface area contributed by atoms with Gasteiger partial charge in [0.15, 0.2) is 0 Å². The minimum atomic E-state index is -4.04. The molecule has 32 heavy (non-hydrogen) atoms. The van der Waals surface area contributed by atoms with Crippen LogP contribution < -0.4 is 24.1 Å². The first-order valence-corrected chi connectivity index (χ1v) is 14.4. The Bertz CT molecular complexity index is 1070. The summed E-state index contributed by atoms with van der Waals surface area (Å²) < 4.78 is 47.4. The Hall–Kier alpha value is -2.13. The maximum absolute atomic E-state index is 11.8. The Kier molecular flexibility index (Phi) is 10.2. The van der Waals surface area contributed by atoms with E-state index in [9.17, 15) is 22.2 Å². The molecule has 0 aliphatic heterocycles. The molecule has 0 fully saturated rings. The molecule has 0 aliphatic carbocycles. The van der Waals surface area contributed by atoms with Crippen LogP contribution in [-0.4, -0.2) is 49.8 Å². The largest absolute Gasteiger partial charge is 0.492 e. The van der Waals surface area contributed by atoms with Gasteiger partial charge in [0.2, 0.25) is 0 Å². The molecule has 0 spiro atoms. The van der Waals surface area contributed by atoms with Crippen LogP contribution in [0.5, 0.6) is 11.5 Å². The van der Waals surface area contributed by atoms with Crippen LogP contribution in [0.4, 0.5) is 0 Å². The molecule has 0 bridgehead atoms. The maximum atomic E-state index is 11.8. The fourth-order valence-corrected chi connectivity index (χ4v) is 4.93. The Morgan fingerprint density at radius 2 is 1.31 bits per heavy atom. The van der Waals surface area contributed by atoms with Crippen LogP contribution in [-0.2, 0) is 19.9 Å². The summed E-state index contributed by atoms with van der Waals surface area (Å²) in [7, 11) is -6.58. The zero-order valence-electron chi connectivity index (χ0n) is 18.3. The van der Waals surface area contributed by atoms with Crippen molar-refractivity contribution >= 4 is 60.3 Å². The van der Waals surface area contributed by atoms with Crippen LogP contribution in [0.1, 0.15) is 42.9 Å². The Morgan fingerprint density at radius 3 is 1.62 bits per heavy atom. The third kappa shape index (κ3) is 9.56. The molecule has 0 aromatic carbocycles. The Morgan fingerprint density at radius 1 is 0.938 bits per heavy atom. The number of rotatable bonds is 8. The zero-order valence-corrected chi connectivity index (χ0v) is 21.6. The number of carbonyl (C=O) groups is 2. The number of hydrogen-bond acceptors (Lipinski definition) is 9. The fourth-order valence-electron chi connectivity index (χ4n) is 2.24. The third-order valence-electron chi connectivity index (χ3n) is 3.20. The number of thiophene rings is 2. The molecule has 180 valence electrons. The van der Waals surface area contributed by atoms with E-state index in [4.69, 9.17) is 14.6 Å². The summed E-state index contributed by atoms with van der Waals surface area (Å²) in [5.74, 6) is 3.11. The second kappa shape index (κ2) is 11.7. The van der Waals surface area contributed by atoms with Crippen molar-refractivity contribution in [3.8, 4) is 11.5 Å². The Labute approximate surface area is 196 Å². The standard InChI is InChI=1S/C10H15NO3S2.C8H12N2O4S2/c1-5-14-8-6-7(2)15-9(8)10(12)11-16(3,4)13;1-3-14-6-4-5(2)15-7(6)8(11)10-16(9,12)13/h6H,3,5H2,1-2,4H3,(H,11,12,13);4H,3H2,1-2H3,(H,10,11)(H2,9,12,13). The van der Waals surface area contributed by atoms with Gasteiger partial charge in [-0.3, -0.25) is 14.3 Å². The molecule has 2 aromatic rings. The summed E-state index contributed by atoms with van der Waals surface area (Å²) in [5, 5.41) is 4.71. The van der Waals surface area contributed by atoms with Crippen LogP contribution >= 0.6 is 22.7 Å². The molecule has 4 N–H and O–H groups in total. The van der Waals surface area contributed by atoms with E-state index in [0.29, 0.717) is 29.6 Å². The first-order chi connectivity index (χ1) is 14.7. The van der Waals surface area contributed by atoms with Gasteiger partial charge in [-0.25, -0.2) is 14.1 Å². The van der Waals surface area contributed by atoms with Crippen molar-refractivity contribution in [1.29, 1.82) is 0 Å². The van der Waals surface area contributed by atoms with E-state index in [1.807, 2.05) is 13.8 Å². The summed E-state index contributed by atoms with van der Waals surface area (Å²) in [6, 6.07) is 3.47. The highest BCUT2D eigenvalue weighted by atomic mass is 32.2. The Balaban J connectivity index is 0.000000320. The monoisotopic (exact) mass is 525 g/mol. The minimum Gasteiger partial charge on any atom is -0.492 e. The average Bonchev–Trinajstić information content (AvgIpc) is 3.16. The minimum absolute atomic E-state index is 0.202. The zero-order chi connectivity index (χ0) is 24.7.